The lowest BCUT2D eigenvalue weighted by atomic mass is 9.95. The van der Waals surface area contributed by atoms with Crippen LogP contribution in [0.3, 0.4) is 0 Å². The maximum Gasteiger partial charge on any atom is 0.341 e. The molecule has 0 spiro atoms. The van der Waals surface area contributed by atoms with Crippen LogP contribution in [0, 0.1) is 0 Å². The summed E-state index contributed by atoms with van der Waals surface area (Å²) >= 11 is 1.65. The van der Waals surface area contributed by atoms with E-state index >= 15 is 0 Å². The Morgan fingerprint density at radius 2 is 1.96 bits per heavy atom. The fraction of sp³-hybridized carbons (Fsp3) is 0.318. The lowest BCUT2D eigenvalue weighted by molar-refractivity contribution is 0.0526. The van der Waals surface area contributed by atoms with Gasteiger partial charge in [0.05, 0.1) is 12.2 Å². The van der Waals surface area contributed by atoms with Crippen LogP contribution in [0.2, 0.25) is 0 Å². The lowest BCUT2D eigenvalue weighted by Gasteiger charge is -2.18. The molecule has 0 bridgehead atoms. The van der Waals surface area contributed by atoms with E-state index in [0.717, 1.165) is 46.2 Å². The van der Waals surface area contributed by atoms with Gasteiger partial charge in [0.25, 0.3) is 0 Å². The van der Waals surface area contributed by atoms with Gasteiger partial charge in [0.1, 0.15) is 11.2 Å². The maximum absolute atomic E-state index is 12.6. The van der Waals surface area contributed by atoms with Crippen LogP contribution < -0.4 is 11.1 Å². The highest BCUT2D eigenvalue weighted by molar-refractivity contribution is 7.16. The van der Waals surface area contributed by atoms with Crippen LogP contribution in [0.1, 0.15) is 52.3 Å². The number of nitrogens with two attached hydrogens (primary N) is 1. The van der Waals surface area contributed by atoms with Crippen molar-refractivity contribution >= 4 is 33.1 Å². The van der Waals surface area contributed by atoms with Crippen LogP contribution in [0.4, 0.5) is 5.00 Å². The Labute approximate surface area is 163 Å². The molecule has 1 aromatic heterocycles. The molecule has 0 saturated heterocycles. The molecule has 27 heavy (non-hydrogen) atoms. The molecule has 3 aromatic rings. The summed E-state index contributed by atoms with van der Waals surface area (Å²) in [5.74, 6) is -0.246. The van der Waals surface area contributed by atoms with Crippen LogP contribution in [0.25, 0.3) is 10.8 Å². The summed E-state index contributed by atoms with van der Waals surface area (Å²) in [6.07, 6.45) is 3.85. The van der Waals surface area contributed by atoms with Gasteiger partial charge in [-0.15, -0.1) is 11.3 Å². The van der Waals surface area contributed by atoms with E-state index < -0.39 is 6.17 Å². The normalized spacial score (nSPS) is 14.6. The first-order chi connectivity index (χ1) is 13.2. The topological polar surface area (TPSA) is 64.3 Å². The highest BCUT2D eigenvalue weighted by Gasteiger charge is 2.27. The number of esters is 1. The Kier molecular flexibility index (Phi) is 5.14. The van der Waals surface area contributed by atoms with Gasteiger partial charge in [-0.2, -0.15) is 0 Å². The molecule has 3 N–H and O–H groups in total. The van der Waals surface area contributed by atoms with E-state index in [0.29, 0.717) is 12.2 Å². The molecule has 1 unspecified atom stereocenters. The standard InChI is InChI=1S/C22H24N2O2S/c1-2-26-22(25)19-17-11-5-6-13-18(17)27-21(19)24-20(23)16-12-7-9-14-8-3-4-10-15(14)16/h3-4,7-10,12,20,24H,2,5-6,11,13,23H2,1H3. The van der Waals surface area contributed by atoms with Crippen LogP contribution in [-0.2, 0) is 17.6 Å². The molecule has 0 amide bonds. The lowest BCUT2D eigenvalue weighted by Crippen LogP contribution is -2.21. The minimum Gasteiger partial charge on any atom is -0.462 e. The number of hydrogen-bond acceptors (Lipinski definition) is 5. The number of rotatable bonds is 5. The third kappa shape index (κ3) is 3.45. The average Bonchev–Trinajstić information content (AvgIpc) is 3.05. The number of anilines is 1. The number of thiophene rings is 1. The summed E-state index contributed by atoms with van der Waals surface area (Å²) < 4.78 is 5.34. The Morgan fingerprint density at radius 1 is 1.19 bits per heavy atom. The van der Waals surface area contributed by atoms with E-state index in [9.17, 15) is 4.79 Å². The molecule has 2 aromatic carbocycles. The summed E-state index contributed by atoms with van der Waals surface area (Å²) in [7, 11) is 0. The van der Waals surface area contributed by atoms with Crippen molar-refractivity contribution in [3.05, 3.63) is 64.0 Å². The molecule has 1 aliphatic carbocycles. The third-order valence-electron chi connectivity index (χ3n) is 5.10. The predicted octanol–water partition coefficient (Wildman–Crippen LogP) is 5.03. The monoisotopic (exact) mass is 380 g/mol. The first-order valence-corrected chi connectivity index (χ1v) is 10.3. The van der Waals surface area contributed by atoms with Crippen LogP contribution >= 0.6 is 11.3 Å². The number of hydrogen-bond donors (Lipinski definition) is 2. The molecular weight excluding hydrogens is 356 g/mol. The summed E-state index contributed by atoms with van der Waals surface area (Å²) in [5.41, 5.74) is 9.40. The van der Waals surface area contributed by atoms with Crippen molar-refractivity contribution in [3.8, 4) is 0 Å². The highest BCUT2D eigenvalue weighted by atomic mass is 32.1. The Morgan fingerprint density at radius 3 is 2.81 bits per heavy atom. The predicted molar refractivity (Wildman–Crippen MR) is 111 cm³/mol. The van der Waals surface area contributed by atoms with Crippen LogP contribution in [-0.4, -0.2) is 12.6 Å². The zero-order valence-electron chi connectivity index (χ0n) is 15.5. The van der Waals surface area contributed by atoms with E-state index in [2.05, 4.69) is 23.5 Å². The Balaban J connectivity index is 1.71. The zero-order valence-corrected chi connectivity index (χ0v) is 16.3. The summed E-state index contributed by atoms with van der Waals surface area (Å²) in [5, 5.41) is 6.52. The van der Waals surface area contributed by atoms with Crippen molar-refractivity contribution in [2.75, 3.05) is 11.9 Å². The van der Waals surface area contributed by atoms with Gasteiger partial charge in [0.2, 0.25) is 0 Å². The van der Waals surface area contributed by atoms with Crippen molar-refractivity contribution in [1.29, 1.82) is 0 Å². The van der Waals surface area contributed by atoms with Gasteiger partial charge in [-0.25, -0.2) is 4.79 Å². The molecule has 0 radical (unpaired) electrons. The van der Waals surface area contributed by atoms with E-state index in [-0.39, 0.29) is 5.97 Å². The smallest absolute Gasteiger partial charge is 0.341 e. The van der Waals surface area contributed by atoms with E-state index in [1.807, 2.05) is 31.2 Å². The van der Waals surface area contributed by atoms with E-state index in [1.54, 1.807) is 11.3 Å². The molecule has 0 saturated carbocycles. The molecule has 1 heterocycles. The molecule has 1 aliphatic rings. The SMILES string of the molecule is CCOC(=O)c1c(NC(N)c2cccc3ccccc23)sc2c1CCCC2. The van der Waals surface area contributed by atoms with Crippen LogP contribution in [0.15, 0.2) is 42.5 Å². The van der Waals surface area contributed by atoms with Gasteiger partial charge in [-0.05, 0) is 54.5 Å². The quantitative estimate of drug-likeness (QED) is 0.481. The second-order valence-corrected chi connectivity index (χ2v) is 7.93. The van der Waals surface area contributed by atoms with Gasteiger partial charge >= 0.3 is 5.97 Å². The number of ether oxygens (including phenoxy) is 1. The fourth-order valence-corrected chi connectivity index (χ4v) is 5.14. The maximum atomic E-state index is 12.6. The minimum atomic E-state index is -0.399. The largest absolute Gasteiger partial charge is 0.462 e. The second-order valence-electron chi connectivity index (χ2n) is 6.83. The number of carbonyl (C=O) groups is 1. The number of carbonyl (C=O) groups excluding carboxylic acids is 1. The molecule has 1 atom stereocenters. The Bertz CT molecular complexity index is 974. The van der Waals surface area contributed by atoms with E-state index in [4.69, 9.17) is 10.5 Å². The molecular formula is C22H24N2O2S. The molecule has 4 nitrogen and oxygen atoms in total. The average molecular weight is 381 g/mol. The van der Waals surface area contributed by atoms with Gasteiger partial charge in [0, 0.05) is 4.88 Å². The van der Waals surface area contributed by atoms with Gasteiger partial charge in [-0.1, -0.05) is 42.5 Å². The number of aryl methyl sites for hydroxylation is 1. The molecule has 140 valence electrons. The number of benzene rings is 2. The van der Waals surface area contributed by atoms with Crippen molar-refractivity contribution in [2.45, 2.75) is 38.8 Å². The van der Waals surface area contributed by atoms with Crippen molar-refractivity contribution < 1.29 is 9.53 Å². The number of fused-ring (bicyclic) bond motifs is 2. The fourth-order valence-electron chi connectivity index (χ4n) is 3.83. The molecule has 4 rings (SSSR count). The summed E-state index contributed by atoms with van der Waals surface area (Å²) in [4.78, 5) is 13.9. The first kappa shape index (κ1) is 18.0. The summed E-state index contributed by atoms with van der Waals surface area (Å²) in [6, 6.07) is 14.4. The number of nitrogens with one attached hydrogen (secondary N) is 1. The molecule has 5 heteroatoms. The van der Waals surface area contributed by atoms with Crippen molar-refractivity contribution in [1.82, 2.24) is 0 Å². The third-order valence-corrected chi connectivity index (χ3v) is 6.32. The summed E-state index contributed by atoms with van der Waals surface area (Å²) in [6.45, 7) is 2.21. The first-order valence-electron chi connectivity index (χ1n) is 9.50. The Hall–Kier alpha value is -2.37. The highest BCUT2D eigenvalue weighted by Crippen LogP contribution is 2.40. The molecule has 0 fully saturated rings. The van der Waals surface area contributed by atoms with Crippen molar-refractivity contribution in [2.24, 2.45) is 5.73 Å². The molecule has 0 aliphatic heterocycles. The van der Waals surface area contributed by atoms with Gasteiger partial charge in [-0.3, -0.25) is 0 Å². The van der Waals surface area contributed by atoms with Gasteiger partial charge in [0.15, 0.2) is 0 Å². The minimum absolute atomic E-state index is 0.246. The zero-order chi connectivity index (χ0) is 18.8. The van der Waals surface area contributed by atoms with Gasteiger partial charge < -0.3 is 15.8 Å². The van der Waals surface area contributed by atoms with E-state index in [1.165, 1.54) is 11.3 Å². The van der Waals surface area contributed by atoms with Crippen molar-refractivity contribution in [3.63, 3.8) is 0 Å². The second kappa shape index (κ2) is 7.71. The van der Waals surface area contributed by atoms with Crippen LogP contribution in [0.5, 0.6) is 0 Å².